The number of carbonyl (C=O) groups is 1. The van der Waals surface area contributed by atoms with Crippen molar-refractivity contribution in [1.29, 1.82) is 0 Å². The van der Waals surface area contributed by atoms with Crippen LogP contribution in [0.15, 0.2) is 42.5 Å². The first-order chi connectivity index (χ1) is 9.35. The standard InChI is InChI=1S/C17H23NO/c1-2-11-18-12-6-9-16(14-18)17(10-13-19)15-7-4-3-5-8-15/h3-9,13,16-17H,2,10-12,14H2,1H3. The van der Waals surface area contributed by atoms with Crippen LogP contribution < -0.4 is 0 Å². The van der Waals surface area contributed by atoms with E-state index in [1.807, 2.05) is 6.07 Å². The summed E-state index contributed by atoms with van der Waals surface area (Å²) in [5, 5.41) is 0. The van der Waals surface area contributed by atoms with Crippen LogP contribution in [0.3, 0.4) is 0 Å². The highest BCUT2D eigenvalue weighted by atomic mass is 16.1. The van der Waals surface area contributed by atoms with Gasteiger partial charge in [0.2, 0.25) is 0 Å². The summed E-state index contributed by atoms with van der Waals surface area (Å²) in [6.45, 7) is 5.47. The second-order valence-corrected chi connectivity index (χ2v) is 5.27. The van der Waals surface area contributed by atoms with Crippen molar-refractivity contribution in [1.82, 2.24) is 4.90 Å². The molecule has 2 unspecified atom stereocenters. The maximum absolute atomic E-state index is 11.0. The van der Waals surface area contributed by atoms with Crippen LogP contribution >= 0.6 is 0 Å². The van der Waals surface area contributed by atoms with E-state index in [2.05, 4.69) is 48.2 Å². The van der Waals surface area contributed by atoms with Gasteiger partial charge in [-0.25, -0.2) is 0 Å². The lowest BCUT2D eigenvalue weighted by Gasteiger charge is -2.33. The van der Waals surface area contributed by atoms with Gasteiger partial charge in [0, 0.05) is 19.5 Å². The number of nitrogens with zero attached hydrogens (tertiary/aromatic N) is 1. The van der Waals surface area contributed by atoms with Gasteiger partial charge in [-0.05, 0) is 30.4 Å². The zero-order chi connectivity index (χ0) is 13.5. The summed E-state index contributed by atoms with van der Waals surface area (Å²) in [5.41, 5.74) is 1.28. The Kier molecular flexibility index (Phi) is 5.34. The third-order valence-electron chi connectivity index (χ3n) is 3.85. The summed E-state index contributed by atoms with van der Waals surface area (Å²) in [7, 11) is 0. The highest BCUT2D eigenvalue weighted by molar-refractivity contribution is 5.52. The minimum absolute atomic E-state index is 0.314. The van der Waals surface area contributed by atoms with E-state index in [4.69, 9.17) is 0 Å². The molecule has 2 nitrogen and oxygen atoms in total. The molecule has 1 aromatic rings. The van der Waals surface area contributed by atoms with Gasteiger partial charge in [-0.1, -0.05) is 49.4 Å². The van der Waals surface area contributed by atoms with Crippen LogP contribution in [0.1, 0.15) is 31.2 Å². The van der Waals surface area contributed by atoms with Gasteiger partial charge in [0.15, 0.2) is 0 Å². The van der Waals surface area contributed by atoms with Crippen LogP contribution in [0, 0.1) is 5.92 Å². The third-order valence-corrected chi connectivity index (χ3v) is 3.85. The summed E-state index contributed by atoms with van der Waals surface area (Å²) in [6.07, 6.45) is 7.41. The molecule has 102 valence electrons. The number of rotatable bonds is 6. The predicted molar refractivity (Wildman–Crippen MR) is 79.2 cm³/mol. The van der Waals surface area contributed by atoms with E-state index in [1.54, 1.807) is 0 Å². The number of aldehydes is 1. The molecule has 0 spiro atoms. The van der Waals surface area contributed by atoms with Crippen molar-refractivity contribution < 1.29 is 4.79 Å². The summed E-state index contributed by atoms with van der Waals surface area (Å²) < 4.78 is 0. The molecule has 0 amide bonds. The fourth-order valence-corrected chi connectivity index (χ4v) is 2.94. The Labute approximate surface area is 116 Å². The van der Waals surface area contributed by atoms with Crippen molar-refractivity contribution in [3.05, 3.63) is 48.0 Å². The normalized spacial score (nSPS) is 21.2. The zero-order valence-corrected chi connectivity index (χ0v) is 11.7. The average molecular weight is 257 g/mol. The van der Waals surface area contributed by atoms with E-state index in [9.17, 15) is 4.79 Å². The lowest BCUT2D eigenvalue weighted by atomic mass is 9.82. The van der Waals surface area contributed by atoms with Gasteiger partial charge in [-0.2, -0.15) is 0 Å². The van der Waals surface area contributed by atoms with E-state index in [0.29, 0.717) is 18.3 Å². The summed E-state index contributed by atoms with van der Waals surface area (Å²) in [4.78, 5) is 13.5. The molecule has 2 rings (SSSR count). The van der Waals surface area contributed by atoms with Crippen molar-refractivity contribution in [3.8, 4) is 0 Å². The Hall–Kier alpha value is -1.41. The topological polar surface area (TPSA) is 20.3 Å². The fraction of sp³-hybridized carbons (Fsp3) is 0.471. The summed E-state index contributed by atoms with van der Waals surface area (Å²) in [5.74, 6) is 0.766. The quantitative estimate of drug-likeness (QED) is 0.576. The van der Waals surface area contributed by atoms with Gasteiger partial charge >= 0.3 is 0 Å². The number of hydrogen-bond donors (Lipinski definition) is 0. The van der Waals surface area contributed by atoms with Crippen LogP contribution in [0.25, 0.3) is 0 Å². The molecule has 1 aliphatic rings. The molecular weight excluding hydrogens is 234 g/mol. The molecular formula is C17H23NO. The largest absolute Gasteiger partial charge is 0.303 e. The third kappa shape index (κ3) is 3.77. The number of benzene rings is 1. The molecule has 0 aliphatic carbocycles. The van der Waals surface area contributed by atoms with E-state index in [-0.39, 0.29) is 0 Å². The average Bonchev–Trinajstić information content (AvgIpc) is 2.46. The Morgan fingerprint density at radius 3 is 2.84 bits per heavy atom. The lowest BCUT2D eigenvalue weighted by molar-refractivity contribution is -0.108. The number of hydrogen-bond acceptors (Lipinski definition) is 2. The molecule has 0 saturated heterocycles. The Balaban J connectivity index is 2.13. The predicted octanol–water partition coefficient (Wildman–Crippen LogP) is 3.26. The van der Waals surface area contributed by atoms with Crippen molar-refractivity contribution in [2.45, 2.75) is 25.7 Å². The van der Waals surface area contributed by atoms with E-state index in [1.165, 1.54) is 12.0 Å². The van der Waals surface area contributed by atoms with Crippen LogP contribution in [0.5, 0.6) is 0 Å². The molecule has 1 aliphatic heterocycles. The zero-order valence-electron chi connectivity index (χ0n) is 11.7. The van der Waals surface area contributed by atoms with Crippen LogP contribution in [0.4, 0.5) is 0 Å². The smallest absolute Gasteiger partial charge is 0.120 e. The molecule has 19 heavy (non-hydrogen) atoms. The highest BCUT2D eigenvalue weighted by Crippen LogP contribution is 2.30. The SMILES string of the molecule is CCCN1CC=CC(C(CC=O)c2ccccc2)C1. The minimum atomic E-state index is 0.314. The fourth-order valence-electron chi connectivity index (χ4n) is 2.94. The van der Waals surface area contributed by atoms with Crippen molar-refractivity contribution in [2.24, 2.45) is 5.92 Å². The Bertz CT molecular complexity index is 413. The number of carbonyl (C=O) groups excluding carboxylic acids is 1. The van der Waals surface area contributed by atoms with E-state index >= 15 is 0 Å². The maximum atomic E-state index is 11.0. The molecule has 0 radical (unpaired) electrons. The van der Waals surface area contributed by atoms with Gasteiger partial charge < -0.3 is 4.79 Å². The van der Waals surface area contributed by atoms with E-state index < -0.39 is 0 Å². The lowest BCUT2D eigenvalue weighted by Crippen LogP contribution is -2.35. The summed E-state index contributed by atoms with van der Waals surface area (Å²) in [6, 6.07) is 10.4. The van der Waals surface area contributed by atoms with Crippen LogP contribution in [0.2, 0.25) is 0 Å². The molecule has 0 bridgehead atoms. The Morgan fingerprint density at radius 2 is 2.16 bits per heavy atom. The first-order valence-electron chi connectivity index (χ1n) is 7.22. The molecule has 1 heterocycles. The summed E-state index contributed by atoms with van der Waals surface area (Å²) >= 11 is 0. The van der Waals surface area contributed by atoms with Gasteiger partial charge in [0.05, 0.1) is 0 Å². The maximum Gasteiger partial charge on any atom is 0.120 e. The molecule has 2 heteroatoms. The van der Waals surface area contributed by atoms with Gasteiger partial charge in [0.25, 0.3) is 0 Å². The molecule has 0 fully saturated rings. The van der Waals surface area contributed by atoms with Crippen LogP contribution in [-0.2, 0) is 4.79 Å². The van der Waals surface area contributed by atoms with Crippen molar-refractivity contribution >= 4 is 6.29 Å². The Morgan fingerprint density at radius 1 is 1.37 bits per heavy atom. The molecule has 0 saturated carbocycles. The van der Waals surface area contributed by atoms with Gasteiger partial charge in [-0.3, -0.25) is 4.90 Å². The van der Waals surface area contributed by atoms with Gasteiger partial charge in [-0.15, -0.1) is 0 Å². The van der Waals surface area contributed by atoms with Crippen molar-refractivity contribution in [3.63, 3.8) is 0 Å². The minimum Gasteiger partial charge on any atom is -0.303 e. The van der Waals surface area contributed by atoms with Crippen molar-refractivity contribution in [2.75, 3.05) is 19.6 Å². The molecule has 0 N–H and O–H groups in total. The van der Waals surface area contributed by atoms with Gasteiger partial charge in [0.1, 0.15) is 6.29 Å². The van der Waals surface area contributed by atoms with Crippen LogP contribution in [-0.4, -0.2) is 30.8 Å². The monoisotopic (exact) mass is 257 g/mol. The first kappa shape index (κ1) is 14.0. The first-order valence-corrected chi connectivity index (χ1v) is 7.22. The molecule has 1 aromatic carbocycles. The molecule has 0 aromatic heterocycles. The second kappa shape index (κ2) is 7.25. The van der Waals surface area contributed by atoms with E-state index in [0.717, 1.165) is 25.9 Å². The highest BCUT2D eigenvalue weighted by Gasteiger charge is 2.24. The second-order valence-electron chi connectivity index (χ2n) is 5.27. The molecule has 2 atom stereocenters.